The Labute approximate surface area is 190 Å². The van der Waals surface area contributed by atoms with Crippen LogP contribution in [0.3, 0.4) is 0 Å². The third-order valence-corrected chi connectivity index (χ3v) is 4.60. The van der Waals surface area contributed by atoms with Crippen LogP contribution in [-0.2, 0) is 17.7 Å². The first kappa shape index (κ1) is 23.5. The van der Waals surface area contributed by atoms with Gasteiger partial charge in [0, 0.05) is 31.5 Å². The highest BCUT2D eigenvalue weighted by molar-refractivity contribution is 14.0. The Kier molecular flexibility index (Phi) is 10.3. The quantitative estimate of drug-likeness (QED) is 0.301. The third kappa shape index (κ3) is 7.89. The maximum absolute atomic E-state index is 6.18. The van der Waals surface area contributed by atoms with E-state index >= 15 is 0 Å². The average Bonchev–Trinajstić information content (AvgIpc) is 3.39. The van der Waals surface area contributed by atoms with Gasteiger partial charge in [0.05, 0.1) is 26.0 Å². The van der Waals surface area contributed by atoms with E-state index in [0.717, 1.165) is 62.0 Å². The zero-order valence-electron chi connectivity index (χ0n) is 17.3. The van der Waals surface area contributed by atoms with Gasteiger partial charge in [-0.1, -0.05) is 19.1 Å². The summed E-state index contributed by atoms with van der Waals surface area (Å²) in [5.74, 6) is 2.68. The topological polar surface area (TPSA) is 68.0 Å². The number of hydrogen-bond acceptors (Lipinski definition) is 4. The number of ether oxygens (including phenoxy) is 2. The molecule has 6 nitrogen and oxygen atoms in total. The minimum absolute atomic E-state index is 0. The lowest BCUT2D eigenvalue weighted by Gasteiger charge is -2.16. The molecule has 0 amide bonds. The largest absolute Gasteiger partial charge is 0.488 e. The van der Waals surface area contributed by atoms with Crippen molar-refractivity contribution in [2.24, 2.45) is 4.99 Å². The summed E-state index contributed by atoms with van der Waals surface area (Å²) in [4.78, 5) is 4.77. The van der Waals surface area contributed by atoms with Crippen molar-refractivity contribution in [2.45, 2.75) is 45.8 Å². The van der Waals surface area contributed by atoms with Crippen LogP contribution in [0.25, 0.3) is 0 Å². The molecule has 1 aliphatic rings. The Morgan fingerprint density at radius 2 is 2.10 bits per heavy atom. The highest BCUT2D eigenvalue weighted by Crippen LogP contribution is 2.24. The van der Waals surface area contributed by atoms with Crippen molar-refractivity contribution >= 4 is 29.9 Å². The number of aliphatic imine (C=N–C) groups is 1. The van der Waals surface area contributed by atoms with Crippen molar-refractivity contribution in [1.82, 2.24) is 10.6 Å². The summed E-state index contributed by atoms with van der Waals surface area (Å²) in [6.45, 7) is 7.85. The van der Waals surface area contributed by atoms with Gasteiger partial charge in [-0.15, -0.1) is 24.0 Å². The van der Waals surface area contributed by atoms with Crippen LogP contribution in [0.4, 0.5) is 0 Å². The average molecular weight is 513 g/mol. The fourth-order valence-electron chi connectivity index (χ4n) is 3.03. The van der Waals surface area contributed by atoms with Gasteiger partial charge in [-0.25, -0.2) is 4.99 Å². The molecule has 7 heteroatoms. The van der Waals surface area contributed by atoms with E-state index in [1.807, 2.05) is 12.1 Å². The minimum atomic E-state index is 0. The number of hydrogen-bond donors (Lipinski definition) is 2. The van der Waals surface area contributed by atoms with Crippen LogP contribution in [0.5, 0.6) is 5.75 Å². The first-order chi connectivity index (χ1) is 13.7. The number of halogens is 1. The lowest BCUT2D eigenvalue weighted by atomic mass is 10.1. The summed E-state index contributed by atoms with van der Waals surface area (Å²) in [6, 6.07) is 10.2. The Morgan fingerprint density at radius 3 is 2.83 bits per heavy atom. The fraction of sp³-hybridized carbons (Fsp3) is 0.500. The van der Waals surface area contributed by atoms with Gasteiger partial charge < -0.3 is 24.5 Å². The molecule has 1 aliphatic heterocycles. The molecule has 3 rings (SSSR count). The number of aryl methyl sites for hydroxylation is 1. The minimum Gasteiger partial charge on any atom is -0.488 e. The molecule has 160 valence electrons. The molecule has 0 radical (unpaired) electrons. The molecule has 1 atom stereocenters. The van der Waals surface area contributed by atoms with E-state index < -0.39 is 0 Å². The monoisotopic (exact) mass is 513 g/mol. The van der Waals surface area contributed by atoms with Crippen molar-refractivity contribution in [2.75, 3.05) is 26.3 Å². The first-order valence-corrected chi connectivity index (χ1v) is 10.1. The second-order valence-corrected chi connectivity index (χ2v) is 7.06. The Balaban J connectivity index is 0.00000300. The molecular weight excluding hydrogens is 481 g/mol. The second-order valence-electron chi connectivity index (χ2n) is 7.06. The molecule has 1 unspecified atom stereocenters. The van der Waals surface area contributed by atoms with Crippen LogP contribution >= 0.6 is 24.0 Å². The number of benzene rings is 1. The molecule has 2 aromatic rings. The zero-order valence-corrected chi connectivity index (χ0v) is 19.6. The molecule has 0 bridgehead atoms. The van der Waals surface area contributed by atoms with Crippen LogP contribution in [-0.4, -0.2) is 38.4 Å². The molecule has 1 saturated heterocycles. The number of furan rings is 1. The van der Waals surface area contributed by atoms with E-state index in [9.17, 15) is 0 Å². The molecule has 1 aromatic carbocycles. The van der Waals surface area contributed by atoms with Crippen molar-refractivity contribution in [3.05, 3.63) is 53.5 Å². The Hall–Kier alpha value is -1.74. The van der Waals surface area contributed by atoms with Gasteiger partial charge in [0.1, 0.15) is 17.6 Å². The first-order valence-electron chi connectivity index (χ1n) is 10.1. The number of nitrogens with zero attached hydrogens (tertiary/aromatic N) is 1. The highest BCUT2D eigenvalue weighted by Gasteiger charge is 2.18. The van der Waals surface area contributed by atoms with Gasteiger partial charge in [-0.2, -0.15) is 0 Å². The summed E-state index contributed by atoms with van der Waals surface area (Å²) < 4.78 is 17.0. The smallest absolute Gasteiger partial charge is 0.191 e. The summed E-state index contributed by atoms with van der Waals surface area (Å²) >= 11 is 0. The maximum Gasteiger partial charge on any atom is 0.191 e. The molecule has 1 aromatic heterocycles. The number of rotatable bonds is 9. The predicted octanol–water partition coefficient (Wildman–Crippen LogP) is 4.06. The lowest BCUT2D eigenvalue weighted by molar-refractivity contribution is 0.140. The van der Waals surface area contributed by atoms with Crippen molar-refractivity contribution < 1.29 is 13.9 Å². The fourth-order valence-corrected chi connectivity index (χ4v) is 3.03. The van der Waals surface area contributed by atoms with Gasteiger partial charge in [0.25, 0.3) is 0 Å². The van der Waals surface area contributed by atoms with E-state index in [1.54, 1.807) is 6.26 Å². The van der Waals surface area contributed by atoms with Crippen LogP contribution in [0, 0.1) is 6.92 Å². The summed E-state index contributed by atoms with van der Waals surface area (Å²) in [6.07, 6.45) is 4.64. The van der Waals surface area contributed by atoms with Crippen molar-refractivity contribution in [3.63, 3.8) is 0 Å². The number of nitrogens with one attached hydrogen (secondary N) is 2. The number of guanidine groups is 1. The molecule has 2 N–H and O–H groups in total. The lowest BCUT2D eigenvalue weighted by Crippen LogP contribution is -2.38. The summed E-state index contributed by atoms with van der Waals surface area (Å²) in [7, 11) is 0. The van der Waals surface area contributed by atoms with Crippen molar-refractivity contribution in [1.29, 1.82) is 0 Å². The second kappa shape index (κ2) is 12.7. The van der Waals surface area contributed by atoms with E-state index in [-0.39, 0.29) is 30.1 Å². The Bertz CT molecular complexity index is 744. The third-order valence-electron chi connectivity index (χ3n) is 4.60. The molecular formula is C22H32IN3O3. The molecule has 0 aliphatic carbocycles. The molecule has 1 fully saturated rings. The maximum atomic E-state index is 6.18. The SMILES string of the molecule is CCCNC(=NCc1ccc(C)cc1OC1CCOC1)NCCc1ccco1.I. The van der Waals surface area contributed by atoms with Crippen molar-refractivity contribution in [3.8, 4) is 5.75 Å². The van der Waals surface area contributed by atoms with E-state index in [2.05, 4.69) is 42.7 Å². The van der Waals surface area contributed by atoms with Gasteiger partial charge in [-0.05, 0) is 37.1 Å². The highest BCUT2D eigenvalue weighted by atomic mass is 127. The van der Waals surface area contributed by atoms with Crippen LogP contribution in [0.15, 0.2) is 46.0 Å². The van der Waals surface area contributed by atoms with Gasteiger partial charge in [0.15, 0.2) is 5.96 Å². The zero-order chi connectivity index (χ0) is 19.6. The Morgan fingerprint density at radius 1 is 1.24 bits per heavy atom. The molecule has 2 heterocycles. The van der Waals surface area contributed by atoms with Gasteiger partial charge in [0.2, 0.25) is 0 Å². The molecule has 0 saturated carbocycles. The van der Waals surface area contributed by atoms with Gasteiger partial charge >= 0.3 is 0 Å². The standard InChI is InChI=1S/C22H31N3O3.HI/c1-3-10-23-22(24-11-8-19-5-4-12-27-19)25-15-18-7-6-17(2)14-21(18)28-20-9-13-26-16-20;/h4-7,12,14,20H,3,8-11,13,15-16H2,1-2H3,(H2,23,24,25);1H. The van der Waals surface area contributed by atoms with E-state index in [1.165, 1.54) is 5.56 Å². The van der Waals surface area contributed by atoms with Crippen LogP contribution < -0.4 is 15.4 Å². The van der Waals surface area contributed by atoms with E-state index in [0.29, 0.717) is 13.2 Å². The normalized spacial score (nSPS) is 16.3. The predicted molar refractivity (Wildman–Crippen MR) is 126 cm³/mol. The van der Waals surface area contributed by atoms with E-state index in [4.69, 9.17) is 18.9 Å². The molecule has 0 spiro atoms. The van der Waals surface area contributed by atoms with Crippen LogP contribution in [0.2, 0.25) is 0 Å². The van der Waals surface area contributed by atoms with Crippen LogP contribution in [0.1, 0.15) is 36.7 Å². The summed E-state index contributed by atoms with van der Waals surface area (Å²) in [5.41, 5.74) is 2.27. The summed E-state index contributed by atoms with van der Waals surface area (Å²) in [5, 5.41) is 6.76. The van der Waals surface area contributed by atoms with Gasteiger partial charge in [-0.3, -0.25) is 0 Å². The molecule has 29 heavy (non-hydrogen) atoms.